The van der Waals surface area contributed by atoms with Crippen LogP contribution in [0.1, 0.15) is 39.3 Å². The Kier molecular flexibility index (Phi) is 3.68. The number of nitrogens with zero attached hydrogens (tertiary/aromatic N) is 2. The molecule has 0 saturated heterocycles. The molecule has 0 aliphatic rings. The van der Waals surface area contributed by atoms with Crippen molar-refractivity contribution in [2.75, 3.05) is 5.32 Å². The third-order valence-electron chi connectivity index (χ3n) is 2.24. The van der Waals surface area contributed by atoms with E-state index in [4.69, 9.17) is 5.26 Å². The minimum absolute atomic E-state index is 0.0740. The summed E-state index contributed by atoms with van der Waals surface area (Å²) in [7, 11) is 0. The van der Waals surface area contributed by atoms with Crippen molar-refractivity contribution >= 4 is 5.69 Å². The number of nitriles is 1. The van der Waals surface area contributed by atoms with Crippen molar-refractivity contribution in [2.24, 2.45) is 0 Å². The summed E-state index contributed by atoms with van der Waals surface area (Å²) in [6, 6.07) is 5.62. The van der Waals surface area contributed by atoms with Crippen molar-refractivity contribution in [2.45, 2.75) is 39.2 Å². The minimum Gasteiger partial charge on any atom is -0.379 e. The molecule has 15 heavy (non-hydrogen) atoms. The molecule has 0 aliphatic carbocycles. The lowest BCUT2D eigenvalue weighted by Gasteiger charge is -2.26. The minimum atomic E-state index is 0.0740. The molecule has 1 rings (SSSR count). The van der Waals surface area contributed by atoms with E-state index >= 15 is 0 Å². The van der Waals surface area contributed by atoms with E-state index in [1.807, 2.05) is 12.1 Å². The van der Waals surface area contributed by atoms with Crippen molar-refractivity contribution in [3.8, 4) is 6.07 Å². The summed E-state index contributed by atoms with van der Waals surface area (Å²) in [5.74, 6) is 0. The van der Waals surface area contributed by atoms with Gasteiger partial charge in [0, 0.05) is 5.54 Å². The average Bonchev–Trinajstić information content (AvgIpc) is 2.18. The van der Waals surface area contributed by atoms with E-state index in [9.17, 15) is 0 Å². The van der Waals surface area contributed by atoms with Crippen molar-refractivity contribution in [3.63, 3.8) is 0 Å². The Hall–Kier alpha value is -1.56. The van der Waals surface area contributed by atoms with Crippen LogP contribution < -0.4 is 5.32 Å². The maximum Gasteiger partial charge on any atom is 0.140 e. The van der Waals surface area contributed by atoms with Crippen LogP contribution in [-0.2, 0) is 0 Å². The highest BCUT2D eigenvalue weighted by atomic mass is 15.0. The average molecular weight is 203 g/mol. The zero-order valence-corrected chi connectivity index (χ0v) is 9.54. The molecule has 0 radical (unpaired) electrons. The Morgan fingerprint density at radius 1 is 1.47 bits per heavy atom. The first-order chi connectivity index (χ1) is 7.07. The summed E-state index contributed by atoms with van der Waals surface area (Å²) in [4.78, 5) is 4.02. The first kappa shape index (κ1) is 11.5. The second kappa shape index (κ2) is 4.79. The third kappa shape index (κ3) is 3.59. The number of anilines is 1. The smallest absolute Gasteiger partial charge is 0.140 e. The molecule has 1 N–H and O–H groups in total. The van der Waals surface area contributed by atoms with Gasteiger partial charge < -0.3 is 5.32 Å². The molecule has 80 valence electrons. The number of hydrogen-bond donors (Lipinski definition) is 1. The van der Waals surface area contributed by atoms with Crippen LogP contribution in [0, 0.1) is 11.3 Å². The Balaban J connectivity index is 2.69. The predicted octanol–water partition coefficient (Wildman–Crippen LogP) is 2.94. The van der Waals surface area contributed by atoms with E-state index in [-0.39, 0.29) is 5.54 Å². The molecule has 0 amide bonds. The normalized spacial score (nSPS) is 10.8. The summed E-state index contributed by atoms with van der Waals surface area (Å²) in [6.07, 6.45) is 3.95. The molecular weight excluding hydrogens is 186 g/mol. The van der Waals surface area contributed by atoms with Crippen LogP contribution in [0.4, 0.5) is 5.69 Å². The van der Waals surface area contributed by atoms with Gasteiger partial charge in [-0.3, -0.25) is 0 Å². The lowest BCUT2D eigenvalue weighted by molar-refractivity contribution is 0.511. The summed E-state index contributed by atoms with van der Waals surface area (Å²) in [5, 5.41) is 12.0. The van der Waals surface area contributed by atoms with Crippen LogP contribution in [0.25, 0.3) is 0 Å². The van der Waals surface area contributed by atoms with Crippen molar-refractivity contribution in [1.82, 2.24) is 4.98 Å². The largest absolute Gasteiger partial charge is 0.379 e. The second-order valence-corrected chi connectivity index (χ2v) is 4.30. The maximum absolute atomic E-state index is 8.61. The summed E-state index contributed by atoms with van der Waals surface area (Å²) in [6.45, 7) is 6.49. The van der Waals surface area contributed by atoms with Gasteiger partial charge in [0.15, 0.2) is 0 Å². The topological polar surface area (TPSA) is 48.7 Å². The van der Waals surface area contributed by atoms with Gasteiger partial charge in [-0.1, -0.05) is 13.3 Å². The number of rotatable bonds is 4. The van der Waals surface area contributed by atoms with Crippen LogP contribution in [-0.4, -0.2) is 10.5 Å². The molecule has 0 bridgehead atoms. The van der Waals surface area contributed by atoms with Crippen LogP contribution >= 0.6 is 0 Å². The molecule has 0 atom stereocenters. The fourth-order valence-corrected chi connectivity index (χ4v) is 1.61. The molecule has 3 heteroatoms. The first-order valence-electron chi connectivity index (χ1n) is 5.22. The predicted molar refractivity (Wildman–Crippen MR) is 61.6 cm³/mol. The van der Waals surface area contributed by atoms with Crippen molar-refractivity contribution in [3.05, 3.63) is 24.0 Å². The van der Waals surface area contributed by atoms with Gasteiger partial charge in [0.1, 0.15) is 11.8 Å². The molecule has 1 aromatic heterocycles. The van der Waals surface area contributed by atoms with E-state index in [1.165, 1.54) is 0 Å². The Labute approximate surface area is 91.1 Å². The molecule has 0 unspecified atom stereocenters. The summed E-state index contributed by atoms with van der Waals surface area (Å²) < 4.78 is 0. The maximum atomic E-state index is 8.61. The Morgan fingerprint density at radius 3 is 2.67 bits per heavy atom. The van der Waals surface area contributed by atoms with Gasteiger partial charge in [-0.2, -0.15) is 5.26 Å². The van der Waals surface area contributed by atoms with E-state index in [1.54, 1.807) is 12.3 Å². The molecule has 0 fully saturated rings. The molecule has 1 heterocycles. The fourth-order valence-electron chi connectivity index (χ4n) is 1.61. The SMILES string of the molecule is CCCC(C)(C)Nc1ccc(C#N)nc1. The van der Waals surface area contributed by atoms with E-state index in [0.29, 0.717) is 5.69 Å². The highest BCUT2D eigenvalue weighted by molar-refractivity contribution is 5.44. The molecule has 3 nitrogen and oxygen atoms in total. The van der Waals surface area contributed by atoms with Crippen molar-refractivity contribution < 1.29 is 0 Å². The van der Waals surface area contributed by atoms with Gasteiger partial charge >= 0.3 is 0 Å². The molecule has 0 spiro atoms. The zero-order chi connectivity index (χ0) is 11.3. The number of hydrogen-bond acceptors (Lipinski definition) is 3. The van der Waals surface area contributed by atoms with Gasteiger partial charge in [0.25, 0.3) is 0 Å². The molecule has 1 aromatic rings. The highest BCUT2D eigenvalue weighted by Gasteiger charge is 2.15. The van der Waals surface area contributed by atoms with Gasteiger partial charge in [-0.25, -0.2) is 4.98 Å². The van der Waals surface area contributed by atoms with E-state index < -0.39 is 0 Å². The van der Waals surface area contributed by atoms with E-state index in [0.717, 1.165) is 18.5 Å². The first-order valence-corrected chi connectivity index (χ1v) is 5.22. The number of aromatic nitrogens is 1. The second-order valence-electron chi connectivity index (χ2n) is 4.30. The van der Waals surface area contributed by atoms with Crippen LogP contribution in [0.3, 0.4) is 0 Å². The standard InChI is InChI=1S/C12H17N3/c1-4-7-12(2,3)15-11-6-5-10(8-13)14-9-11/h5-6,9,15H,4,7H2,1-3H3. The van der Waals surface area contributed by atoms with Crippen LogP contribution in [0.5, 0.6) is 0 Å². The van der Waals surface area contributed by atoms with Gasteiger partial charge in [-0.05, 0) is 32.4 Å². The van der Waals surface area contributed by atoms with Gasteiger partial charge in [0.05, 0.1) is 11.9 Å². The number of nitrogens with one attached hydrogen (secondary N) is 1. The van der Waals surface area contributed by atoms with Crippen molar-refractivity contribution in [1.29, 1.82) is 5.26 Å². The van der Waals surface area contributed by atoms with E-state index in [2.05, 4.69) is 31.1 Å². The van der Waals surface area contributed by atoms with Gasteiger partial charge in [-0.15, -0.1) is 0 Å². The Morgan fingerprint density at radius 2 is 2.20 bits per heavy atom. The lowest BCUT2D eigenvalue weighted by atomic mass is 9.99. The lowest BCUT2D eigenvalue weighted by Crippen LogP contribution is -2.30. The fraction of sp³-hybridized carbons (Fsp3) is 0.500. The van der Waals surface area contributed by atoms with Crippen LogP contribution in [0.2, 0.25) is 0 Å². The Bertz CT molecular complexity index is 346. The summed E-state index contributed by atoms with van der Waals surface area (Å²) >= 11 is 0. The number of pyridine rings is 1. The zero-order valence-electron chi connectivity index (χ0n) is 9.54. The van der Waals surface area contributed by atoms with Gasteiger partial charge in [0.2, 0.25) is 0 Å². The van der Waals surface area contributed by atoms with Crippen LogP contribution in [0.15, 0.2) is 18.3 Å². The third-order valence-corrected chi connectivity index (χ3v) is 2.24. The molecule has 0 aliphatic heterocycles. The highest BCUT2D eigenvalue weighted by Crippen LogP contribution is 2.18. The quantitative estimate of drug-likeness (QED) is 0.818. The molecule has 0 aromatic carbocycles. The molecule has 0 saturated carbocycles. The summed E-state index contributed by atoms with van der Waals surface area (Å²) in [5.41, 5.74) is 1.49. The monoisotopic (exact) mass is 203 g/mol. The molecular formula is C12H17N3.